The largest absolute Gasteiger partial charge is 0.314 e. The minimum Gasteiger partial charge on any atom is -0.314 e. The number of halogens is 2. The van der Waals surface area contributed by atoms with Crippen LogP contribution in [0.1, 0.15) is 25.8 Å². The topological polar surface area (TPSA) is 12.0 Å². The van der Waals surface area contributed by atoms with Crippen LogP contribution in [-0.2, 0) is 6.42 Å². The lowest BCUT2D eigenvalue weighted by Crippen LogP contribution is -2.33. The van der Waals surface area contributed by atoms with Gasteiger partial charge in [-0.1, -0.05) is 31.5 Å². The van der Waals surface area contributed by atoms with E-state index < -0.39 is 0 Å². The quantitative estimate of drug-likeness (QED) is 0.847. The van der Waals surface area contributed by atoms with E-state index in [4.69, 9.17) is 11.6 Å². The van der Waals surface area contributed by atoms with Crippen molar-refractivity contribution in [3.8, 4) is 0 Å². The summed E-state index contributed by atoms with van der Waals surface area (Å²) in [5.41, 5.74) is 1.02. The molecule has 0 aromatic heterocycles. The first kappa shape index (κ1) is 12.8. The van der Waals surface area contributed by atoms with E-state index in [9.17, 15) is 4.39 Å². The van der Waals surface area contributed by atoms with Crippen LogP contribution in [0.15, 0.2) is 18.2 Å². The maximum Gasteiger partial charge on any atom is 0.142 e. The van der Waals surface area contributed by atoms with Crippen LogP contribution >= 0.6 is 11.6 Å². The fraction of sp³-hybridized carbons (Fsp3) is 0.571. The summed E-state index contributed by atoms with van der Waals surface area (Å²) in [7, 11) is 0. The molecule has 0 saturated heterocycles. The van der Waals surface area contributed by atoms with Gasteiger partial charge in [-0.15, -0.1) is 0 Å². The molecule has 1 fully saturated rings. The van der Waals surface area contributed by atoms with Crippen LogP contribution in [-0.4, -0.2) is 12.6 Å². The second kappa shape index (κ2) is 5.36. The molecule has 0 spiro atoms. The number of likely N-dealkylation sites (N-methyl/N-ethyl adjacent to an activating group) is 1. The van der Waals surface area contributed by atoms with Crippen molar-refractivity contribution >= 4 is 11.6 Å². The first-order valence-corrected chi connectivity index (χ1v) is 6.67. The Hall–Kier alpha value is -0.600. The van der Waals surface area contributed by atoms with Gasteiger partial charge in [0.1, 0.15) is 5.82 Å². The van der Waals surface area contributed by atoms with Crippen molar-refractivity contribution in [1.82, 2.24) is 5.32 Å². The molecule has 0 bridgehead atoms. The van der Waals surface area contributed by atoms with Crippen molar-refractivity contribution < 1.29 is 4.39 Å². The van der Waals surface area contributed by atoms with Crippen molar-refractivity contribution in [1.29, 1.82) is 0 Å². The predicted octanol–water partition coefficient (Wildman–Crippen LogP) is 3.66. The van der Waals surface area contributed by atoms with Gasteiger partial charge in [0.15, 0.2) is 0 Å². The molecule has 2 rings (SSSR count). The van der Waals surface area contributed by atoms with E-state index in [0.717, 1.165) is 30.4 Å². The van der Waals surface area contributed by atoms with Gasteiger partial charge < -0.3 is 5.32 Å². The highest BCUT2D eigenvalue weighted by molar-refractivity contribution is 6.30. The molecule has 17 heavy (non-hydrogen) atoms. The Morgan fingerprint density at radius 1 is 1.53 bits per heavy atom. The highest BCUT2D eigenvalue weighted by atomic mass is 35.5. The zero-order chi connectivity index (χ0) is 12.4. The SMILES string of the molecule is CCNC(Cc1ccc(Cl)c(F)c1)C1CC1C. The maximum atomic E-state index is 13.4. The number of hydrogen-bond donors (Lipinski definition) is 1. The first-order chi connectivity index (χ1) is 8.11. The highest BCUT2D eigenvalue weighted by Crippen LogP contribution is 2.41. The third-order valence-corrected chi connectivity index (χ3v) is 3.90. The van der Waals surface area contributed by atoms with Crippen LogP contribution in [0.3, 0.4) is 0 Å². The second-order valence-corrected chi connectivity index (χ2v) is 5.40. The van der Waals surface area contributed by atoms with Crippen molar-refractivity contribution in [2.24, 2.45) is 11.8 Å². The van der Waals surface area contributed by atoms with E-state index in [1.54, 1.807) is 12.1 Å². The summed E-state index contributed by atoms with van der Waals surface area (Å²) in [6, 6.07) is 5.59. The summed E-state index contributed by atoms with van der Waals surface area (Å²) in [4.78, 5) is 0. The number of rotatable bonds is 5. The number of benzene rings is 1. The fourth-order valence-corrected chi connectivity index (χ4v) is 2.59. The molecular weight excluding hydrogens is 237 g/mol. The molecule has 0 heterocycles. The van der Waals surface area contributed by atoms with Crippen LogP contribution < -0.4 is 5.32 Å². The third-order valence-electron chi connectivity index (χ3n) is 3.59. The molecule has 3 unspecified atom stereocenters. The lowest BCUT2D eigenvalue weighted by atomic mass is 10.0. The molecule has 1 N–H and O–H groups in total. The molecule has 94 valence electrons. The van der Waals surface area contributed by atoms with E-state index >= 15 is 0 Å². The Balaban J connectivity index is 2.03. The van der Waals surface area contributed by atoms with Crippen molar-refractivity contribution in [2.75, 3.05) is 6.54 Å². The van der Waals surface area contributed by atoms with E-state index in [1.165, 1.54) is 6.42 Å². The molecule has 0 aliphatic heterocycles. The van der Waals surface area contributed by atoms with Gasteiger partial charge in [0.2, 0.25) is 0 Å². The summed E-state index contributed by atoms with van der Waals surface area (Å²) in [5.74, 6) is 1.23. The average Bonchev–Trinajstić information content (AvgIpc) is 3.00. The van der Waals surface area contributed by atoms with Gasteiger partial charge in [0.25, 0.3) is 0 Å². The van der Waals surface area contributed by atoms with E-state index in [2.05, 4.69) is 19.2 Å². The van der Waals surface area contributed by atoms with Gasteiger partial charge in [-0.05, 0) is 48.9 Å². The molecule has 1 nitrogen and oxygen atoms in total. The molecule has 1 aromatic carbocycles. The zero-order valence-corrected chi connectivity index (χ0v) is 11.1. The highest BCUT2D eigenvalue weighted by Gasteiger charge is 2.38. The lowest BCUT2D eigenvalue weighted by molar-refractivity contribution is 0.453. The maximum absolute atomic E-state index is 13.4. The third kappa shape index (κ3) is 3.20. The minimum atomic E-state index is -0.316. The van der Waals surface area contributed by atoms with Crippen LogP contribution in [0.5, 0.6) is 0 Å². The Morgan fingerprint density at radius 3 is 2.76 bits per heavy atom. The summed E-state index contributed by atoms with van der Waals surface area (Å²) in [6.45, 7) is 5.35. The average molecular weight is 256 g/mol. The zero-order valence-electron chi connectivity index (χ0n) is 10.3. The molecule has 3 heteroatoms. The van der Waals surface area contributed by atoms with Gasteiger partial charge in [-0.25, -0.2) is 4.39 Å². The van der Waals surface area contributed by atoms with Gasteiger partial charge in [-0.3, -0.25) is 0 Å². The summed E-state index contributed by atoms with van der Waals surface area (Å²) < 4.78 is 13.4. The van der Waals surface area contributed by atoms with Gasteiger partial charge in [-0.2, -0.15) is 0 Å². The van der Waals surface area contributed by atoms with Crippen LogP contribution in [0.2, 0.25) is 5.02 Å². The summed E-state index contributed by atoms with van der Waals surface area (Å²) >= 11 is 5.69. The van der Waals surface area contributed by atoms with Crippen molar-refractivity contribution in [3.63, 3.8) is 0 Å². The van der Waals surface area contributed by atoms with E-state index in [1.807, 2.05) is 6.07 Å². The van der Waals surface area contributed by atoms with Gasteiger partial charge >= 0.3 is 0 Å². The molecule has 1 aliphatic rings. The van der Waals surface area contributed by atoms with Crippen LogP contribution in [0.4, 0.5) is 4.39 Å². The van der Waals surface area contributed by atoms with Gasteiger partial charge in [0.05, 0.1) is 5.02 Å². The Kier molecular flexibility index (Phi) is 4.05. The first-order valence-electron chi connectivity index (χ1n) is 6.29. The van der Waals surface area contributed by atoms with E-state index in [0.29, 0.717) is 6.04 Å². The van der Waals surface area contributed by atoms with Crippen LogP contribution in [0.25, 0.3) is 0 Å². The predicted molar refractivity (Wildman–Crippen MR) is 69.8 cm³/mol. The Bertz CT molecular complexity index is 394. The molecule has 1 saturated carbocycles. The number of nitrogens with one attached hydrogen (secondary N) is 1. The molecule has 0 amide bonds. The lowest BCUT2D eigenvalue weighted by Gasteiger charge is -2.18. The summed E-state index contributed by atoms with van der Waals surface area (Å²) in [5, 5.41) is 3.70. The normalized spacial score (nSPS) is 24.7. The smallest absolute Gasteiger partial charge is 0.142 e. The Labute approximate surface area is 107 Å². The molecule has 0 radical (unpaired) electrons. The molecule has 1 aliphatic carbocycles. The minimum absolute atomic E-state index is 0.202. The summed E-state index contributed by atoms with van der Waals surface area (Å²) in [6.07, 6.45) is 2.17. The standard InChI is InChI=1S/C14H19ClFN/c1-3-17-14(11-6-9(11)2)8-10-4-5-12(15)13(16)7-10/h4-5,7,9,11,14,17H,3,6,8H2,1-2H3. The second-order valence-electron chi connectivity index (χ2n) is 4.99. The molecular formula is C14H19ClFN. The van der Waals surface area contributed by atoms with Crippen molar-refractivity contribution in [2.45, 2.75) is 32.7 Å². The molecule has 1 aromatic rings. The fourth-order valence-electron chi connectivity index (χ4n) is 2.47. The number of hydrogen-bond acceptors (Lipinski definition) is 1. The van der Waals surface area contributed by atoms with Gasteiger partial charge in [0, 0.05) is 6.04 Å². The van der Waals surface area contributed by atoms with Crippen LogP contribution in [0, 0.1) is 17.7 Å². The monoisotopic (exact) mass is 255 g/mol. The van der Waals surface area contributed by atoms with Crippen molar-refractivity contribution in [3.05, 3.63) is 34.6 Å². The molecule has 3 atom stereocenters. The Morgan fingerprint density at radius 2 is 2.24 bits per heavy atom. The van der Waals surface area contributed by atoms with E-state index in [-0.39, 0.29) is 10.8 Å².